The molecule has 146 valence electrons. The number of hydrogen-bond donors (Lipinski definition) is 1. The highest BCUT2D eigenvalue weighted by atomic mass is 16.1. The van der Waals surface area contributed by atoms with E-state index in [-0.39, 0.29) is 5.91 Å². The summed E-state index contributed by atoms with van der Waals surface area (Å²) in [4.78, 5) is 17.4. The molecular formula is C22H32N4O. The molecule has 2 heterocycles. The molecule has 1 amide bonds. The molecule has 27 heavy (non-hydrogen) atoms. The van der Waals surface area contributed by atoms with E-state index >= 15 is 0 Å². The molecule has 2 aromatic rings. The Morgan fingerprint density at radius 2 is 2.00 bits per heavy atom. The molecule has 2 aliphatic rings. The predicted molar refractivity (Wildman–Crippen MR) is 108 cm³/mol. The van der Waals surface area contributed by atoms with Gasteiger partial charge in [0.1, 0.15) is 0 Å². The molecule has 2 aromatic heterocycles. The van der Waals surface area contributed by atoms with Gasteiger partial charge in [-0.2, -0.15) is 5.10 Å². The number of pyridine rings is 1. The number of nitrogens with one attached hydrogen (secondary N) is 1. The van der Waals surface area contributed by atoms with Crippen LogP contribution in [-0.2, 0) is 18.3 Å². The molecule has 2 saturated carbocycles. The second-order valence-corrected chi connectivity index (χ2v) is 8.90. The van der Waals surface area contributed by atoms with Gasteiger partial charge in [0, 0.05) is 30.6 Å². The molecule has 5 heteroatoms. The Hall–Kier alpha value is -1.91. The zero-order valence-electron chi connectivity index (χ0n) is 17.3. The smallest absolute Gasteiger partial charge is 0.220 e. The van der Waals surface area contributed by atoms with Crippen LogP contribution in [0.1, 0.15) is 61.5 Å². The first-order chi connectivity index (χ1) is 12.8. The molecule has 0 saturated heterocycles. The molecule has 5 nitrogen and oxygen atoms in total. The Bertz CT molecular complexity index is 884. The zero-order chi connectivity index (χ0) is 19.3. The van der Waals surface area contributed by atoms with Crippen molar-refractivity contribution in [3.63, 3.8) is 0 Å². The van der Waals surface area contributed by atoms with Crippen LogP contribution in [0, 0.1) is 38.5 Å². The molecule has 2 aliphatic carbocycles. The summed E-state index contributed by atoms with van der Waals surface area (Å²) in [6, 6.07) is 0.302. The van der Waals surface area contributed by atoms with Gasteiger partial charge in [0.05, 0.1) is 5.69 Å². The minimum atomic E-state index is 0.173. The molecule has 2 fully saturated rings. The normalized spacial score (nSPS) is 25.3. The highest BCUT2D eigenvalue weighted by Crippen LogP contribution is 2.49. The SMILES string of the molecule is Cc1nc2c(c(C)nn2C)c(C)c1CCC(=O)N[C@H](C)[C@H]1C[C@H]2CC[C@H]1C2. The van der Waals surface area contributed by atoms with E-state index in [1.54, 1.807) is 0 Å². The van der Waals surface area contributed by atoms with Gasteiger partial charge in [-0.3, -0.25) is 9.48 Å². The zero-order valence-corrected chi connectivity index (χ0v) is 17.3. The van der Waals surface area contributed by atoms with Gasteiger partial charge in [-0.15, -0.1) is 0 Å². The van der Waals surface area contributed by atoms with E-state index < -0.39 is 0 Å². The van der Waals surface area contributed by atoms with Crippen LogP contribution in [-0.4, -0.2) is 26.7 Å². The second-order valence-electron chi connectivity index (χ2n) is 8.90. The highest BCUT2D eigenvalue weighted by molar-refractivity contribution is 5.84. The third-order valence-corrected chi connectivity index (χ3v) is 7.16. The van der Waals surface area contributed by atoms with Gasteiger partial charge in [-0.1, -0.05) is 6.42 Å². The van der Waals surface area contributed by atoms with E-state index in [4.69, 9.17) is 4.98 Å². The first kappa shape index (κ1) is 18.5. The standard InChI is InChI=1S/C22H32N4O/c1-12-18(13(2)24-22-21(12)15(4)25-26(22)5)8-9-20(27)23-14(3)19-11-16-6-7-17(19)10-16/h14,16-17,19H,6-11H2,1-5H3,(H,23,27)/t14-,16+,17+,19-/m1/s1. The van der Waals surface area contributed by atoms with Crippen molar-refractivity contribution in [3.8, 4) is 0 Å². The summed E-state index contributed by atoms with van der Waals surface area (Å²) < 4.78 is 1.85. The Morgan fingerprint density at radius 3 is 2.67 bits per heavy atom. The molecule has 0 radical (unpaired) electrons. The lowest BCUT2D eigenvalue weighted by Crippen LogP contribution is -2.40. The first-order valence-corrected chi connectivity index (χ1v) is 10.4. The quantitative estimate of drug-likeness (QED) is 0.874. The van der Waals surface area contributed by atoms with Crippen molar-refractivity contribution in [2.75, 3.05) is 0 Å². The summed E-state index contributed by atoms with van der Waals surface area (Å²) in [5, 5.41) is 8.93. The number of aryl methyl sites for hydroxylation is 4. The Morgan fingerprint density at radius 1 is 1.22 bits per heavy atom. The van der Waals surface area contributed by atoms with Crippen LogP contribution in [0.15, 0.2) is 0 Å². The van der Waals surface area contributed by atoms with E-state index in [1.165, 1.54) is 36.8 Å². The number of rotatable bonds is 5. The molecular weight excluding hydrogens is 336 g/mol. The average molecular weight is 369 g/mol. The summed E-state index contributed by atoms with van der Waals surface area (Å²) in [5.74, 6) is 2.62. The van der Waals surface area contributed by atoms with Crippen molar-refractivity contribution < 1.29 is 4.79 Å². The molecule has 0 aliphatic heterocycles. The second kappa shape index (κ2) is 6.92. The Labute approximate surface area is 161 Å². The lowest BCUT2D eigenvalue weighted by molar-refractivity contribution is -0.122. The predicted octanol–water partition coefficient (Wildman–Crippen LogP) is 3.77. The molecule has 2 bridgehead atoms. The Kier molecular flexibility index (Phi) is 4.73. The van der Waals surface area contributed by atoms with Crippen molar-refractivity contribution in [2.45, 2.75) is 72.3 Å². The minimum Gasteiger partial charge on any atom is -0.353 e. The van der Waals surface area contributed by atoms with Crippen LogP contribution < -0.4 is 5.32 Å². The fraction of sp³-hybridized carbons (Fsp3) is 0.682. The summed E-state index contributed by atoms with van der Waals surface area (Å²) in [6.07, 6.45) is 6.74. The number of carbonyl (C=O) groups excluding carboxylic acids is 1. The van der Waals surface area contributed by atoms with Crippen LogP contribution >= 0.6 is 0 Å². The van der Waals surface area contributed by atoms with Gasteiger partial charge >= 0.3 is 0 Å². The summed E-state index contributed by atoms with van der Waals surface area (Å²) in [7, 11) is 1.94. The maximum Gasteiger partial charge on any atom is 0.220 e. The fourth-order valence-electron chi connectivity index (χ4n) is 5.81. The number of aromatic nitrogens is 3. The van der Waals surface area contributed by atoms with Crippen molar-refractivity contribution in [1.29, 1.82) is 0 Å². The van der Waals surface area contributed by atoms with Crippen LogP contribution in [0.25, 0.3) is 11.0 Å². The third-order valence-electron chi connectivity index (χ3n) is 7.16. The lowest BCUT2D eigenvalue weighted by Gasteiger charge is -2.28. The largest absolute Gasteiger partial charge is 0.353 e. The van der Waals surface area contributed by atoms with E-state index in [2.05, 4.69) is 24.3 Å². The fourth-order valence-corrected chi connectivity index (χ4v) is 5.81. The number of hydrogen-bond acceptors (Lipinski definition) is 3. The Balaban J connectivity index is 1.42. The summed E-state index contributed by atoms with van der Waals surface area (Å²) in [5.41, 5.74) is 5.36. The average Bonchev–Trinajstić information content (AvgIpc) is 3.30. The monoisotopic (exact) mass is 368 g/mol. The van der Waals surface area contributed by atoms with Crippen LogP contribution in [0.2, 0.25) is 0 Å². The van der Waals surface area contributed by atoms with Crippen LogP contribution in [0.5, 0.6) is 0 Å². The van der Waals surface area contributed by atoms with E-state index in [9.17, 15) is 4.79 Å². The van der Waals surface area contributed by atoms with Crippen LogP contribution in [0.3, 0.4) is 0 Å². The molecule has 0 aromatic carbocycles. The van der Waals surface area contributed by atoms with Gasteiger partial charge in [0.2, 0.25) is 5.91 Å². The third kappa shape index (κ3) is 3.26. The van der Waals surface area contributed by atoms with Gasteiger partial charge in [-0.25, -0.2) is 4.98 Å². The summed E-state index contributed by atoms with van der Waals surface area (Å²) >= 11 is 0. The topological polar surface area (TPSA) is 59.8 Å². The van der Waals surface area contributed by atoms with Gasteiger partial charge in [0.15, 0.2) is 5.65 Å². The maximum absolute atomic E-state index is 12.6. The van der Waals surface area contributed by atoms with Crippen molar-refractivity contribution in [2.24, 2.45) is 24.8 Å². The number of amides is 1. The molecule has 4 atom stereocenters. The molecule has 0 spiro atoms. The highest BCUT2D eigenvalue weighted by Gasteiger charge is 2.42. The van der Waals surface area contributed by atoms with Gasteiger partial charge < -0.3 is 5.32 Å². The molecule has 4 rings (SSSR count). The van der Waals surface area contributed by atoms with Crippen LogP contribution in [0.4, 0.5) is 0 Å². The van der Waals surface area contributed by atoms with Crippen molar-refractivity contribution in [1.82, 2.24) is 20.1 Å². The number of fused-ring (bicyclic) bond motifs is 3. The van der Waals surface area contributed by atoms with E-state index in [0.29, 0.717) is 18.4 Å². The first-order valence-electron chi connectivity index (χ1n) is 10.4. The maximum atomic E-state index is 12.6. The van der Waals surface area contributed by atoms with E-state index in [0.717, 1.165) is 40.7 Å². The van der Waals surface area contributed by atoms with E-state index in [1.807, 2.05) is 25.6 Å². The molecule has 1 N–H and O–H groups in total. The lowest BCUT2D eigenvalue weighted by atomic mass is 9.84. The molecule has 0 unspecified atom stereocenters. The van der Waals surface area contributed by atoms with Crippen molar-refractivity contribution in [3.05, 3.63) is 22.5 Å². The minimum absolute atomic E-state index is 0.173. The number of nitrogens with zero attached hydrogens (tertiary/aromatic N) is 3. The number of carbonyl (C=O) groups is 1. The van der Waals surface area contributed by atoms with Gasteiger partial charge in [0.25, 0.3) is 0 Å². The summed E-state index contributed by atoms with van der Waals surface area (Å²) in [6.45, 7) is 8.41. The van der Waals surface area contributed by atoms with Crippen molar-refractivity contribution >= 4 is 16.9 Å². The van der Waals surface area contributed by atoms with Gasteiger partial charge in [-0.05, 0) is 82.3 Å².